The van der Waals surface area contributed by atoms with Crippen LogP contribution < -0.4 is 5.32 Å². The van der Waals surface area contributed by atoms with Crippen LogP contribution in [0.3, 0.4) is 0 Å². The first-order valence-corrected chi connectivity index (χ1v) is 10.6. The number of hydrogen-bond acceptors (Lipinski definition) is 4. The first-order valence-electron chi connectivity index (χ1n) is 8.81. The maximum Gasteiger partial charge on any atom is 0.221 e. The van der Waals surface area contributed by atoms with Gasteiger partial charge in [0.25, 0.3) is 0 Å². The third-order valence-corrected chi connectivity index (χ3v) is 5.84. The standard InChI is InChI=1S/C20H19BrN4OS/c1-13(26)22-17-3-2-4-18(11-17)25-19(15-7-8-15)23-24-20(25)27-12-14-5-9-16(21)10-6-14/h2-6,9-11,15H,7-8,12H2,1H3,(H,22,26). The van der Waals surface area contributed by atoms with Crippen molar-refractivity contribution in [1.82, 2.24) is 14.8 Å². The Balaban J connectivity index is 1.63. The summed E-state index contributed by atoms with van der Waals surface area (Å²) in [7, 11) is 0. The molecule has 0 aliphatic heterocycles. The van der Waals surface area contributed by atoms with E-state index in [2.05, 4.69) is 48.1 Å². The highest BCUT2D eigenvalue weighted by molar-refractivity contribution is 9.10. The number of benzene rings is 2. The van der Waals surface area contributed by atoms with Gasteiger partial charge in [-0.15, -0.1) is 10.2 Å². The molecule has 1 heterocycles. The molecule has 1 aromatic heterocycles. The smallest absolute Gasteiger partial charge is 0.221 e. The van der Waals surface area contributed by atoms with Crippen LogP contribution in [-0.2, 0) is 10.5 Å². The monoisotopic (exact) mass is 442 g/mol. The largest absolute Gasteiger partial charge is 0.326 e. The summed E-state index contributed by atoms with van der Waals surface area (Å²) < 4.78 is 3.21. The summed E-state index contributed by atoms with van der Waals surface area (Å²) in [5.41, 5.74) is 2.99. The predicted molar refractivity (Wildman–Crippen MR) is 111 cm³/mol. The summed E-state index contributed by atoms with van der Waals surface area (Å²) in [6.45, 7) is 1.51. The lowest BCUT2D eigenvalue weighted by molar-refractivity contribution is -0.114. The van der Waals surface area contributed by atoms with E-state index in [0.717, 1.165) is 45.4 Å². The molecule has 1 saturated carbocycles. The minimum atomic E-state index is -0.0804. The number of amides is 1. The molecule has 1 amide bonds. The lowest BCUT2D eigenvalue weighted by Crippen LogP contribution is -2.07. The number of hydrogen-bond donors (Lipinski definition) is 1. The molecule has 0 spiro atoms. The second kappa shape index (κ2) is 7.86. The van der Waals surface area contributed by atoms with Crippen molar-refractivity contribution in [2.45, 2.75) is 36.6 Å². The number of carbonyl (C=O) groups excluding carboxylic acids is 1. The van der Waals surface area contributed by atoms with Gasteiger partial charge in [-0.25, -0.2) is 0 Å². The summed E-state index contributed by atoms with van der Waals surface area (Å²) in [6.07, 6.45) is 2.31. The van der Waals surface area contributed by atoms with Crippen LogP contribution in [0.1, 0.15) is 37.1 Å². The lowest BCUT2D eigenvalue weighted by atomic mass is 10.2. The Kier molecular flexibility index (Phi) is 5.31. The first-order chi connectivity index (χ1) is 13.1. The fraction of sp³-hybridized carbons (Fsp3) is 0.250. The van der Waals surface area contributed by atoms with Crippen molar-refractivity contribution >= 4 is 39.3 Å². The van der Waals surface area contributed by atoms with Crippen molar-refractivity contribution in [2.75, 3.05) is 5.32 Å². The molecule has 3 aromatic rings. The van der Waals surface area contributed by atoms with Crippen molar-refractivity contribution in [3.8, 4) is 5.69 Å². The van der Waals surface area contributed by atoms with Crippen LogP contribution in [-0.4, -0.2) is 20.7 Å². The minimum Gasteiger partial charge on any atom is -0.326 e. The quantitative estimate of drug-likeness (QED) is 0.535. The van der Waals surface area contributed by atoms with Gasteiger partial charge in [0.15, 0.2) is 5.16 Å². The Morgan fingerprint density at radius 2 is 2.00 bits per heavy atom. The average Bonchev–Trinajstić information content (AvgIpc) is 3.40. The van der Waals surface area contributed by atoms with E-state index in [9.17, 15) is 4.79 Å². The Morgan fingerprint density at radius 3 is 2.70 bits per heavy atom. The maximum atomic E-state index is 11.4. The topological polar surface area (TPSA) is 59.8 Å². The molecule has 5 nitrogen and oxygen atoms in total. The zero-order chi connectivity index (χ0) is 18.8. The highest BCUT2D eigenvalue weighted by Gasteiger charge is 2.31. The summed E-state index contributed by atoms with van der Waals surface area (Å²) in [5.74, 6) is 2.22. The molecule has 2 aromatic carbocycles. The van der Waals surface area contributed by atoms with Crippen molar-refractivity contribution < 1.29 is 4.79 Å². The molecule has 7 heteroatoms. The fourth-order valence-electron chi connectivity index (χ4n) is 2.88. The highest BCUT2D eigenvalue weighted by Crippen LogP contribution is 2.41. The van der Waals surface area contributed by atoms with Crippen LogP contribution >= 0.6 is 27.7 Å². The molecule has 138 valence electrons. The molecule has 0 radical (unpaired) electrons. The van der Waals surface area contributed by atoms with Crippen LogP contribution in [0, 0.1) is 0 Å². The number of rotatable bonds is 6. The van der Waals surface area contributed by atoms with Gasteiger partial charge in [-0.1, -0.05) is 45.9 Å². The van der Waals surface area contributed by atoms with Gasteiger partial charge in [-0.3, -0.25) is 9.36 Å². The van der Waals surface area contributed by atoms with Crippen molar-refractivity contribution in [2.24, 2.45) is 0 Å². The minimum absolute atomic E-state index is 0.0804. The Morgan fingerprint density at radius 1 is 1.22 bits per heavy atom. The molecule has 0 unspecified atom stereocenters. The van der Waals surface area contributed by atoms with E-state index in [-0.39, 0.29) is 5.91 Å². The number of thioether (sulfide) groups is 1. The number of carbonyl (C=O) groups is 1. The van der Waals surface area contributed by atoms with Crippen LogP contribution in [0.15, 0.2) is 58.2 Å². The molecule has 1 N–H and O–H groups in total. The molecule has 1 fully saturated rings. The molecule has 1 aliphatic carbocycles. The Labute approximate surface area is 170 Å². The first kappa shape index (κ1) is 18.3. The molecule has 1 aliphatic rings. The van der Waals surface area contributed by atoms with Crippen LogP contribution in [0.5, 0.6) is 0 Å². The van der Waals surface area contributed by atoms with E-state index in [4.69, 9.17) is 0 Å². The van der Waals surface area contributed by atoms with E-state index in [1.807, 2.05) is 36.4 Å². The Hall–Kier alpha value is -2.12. The number of aromatic nitrogens is 3. The molecule has 0 saturated heterocycles. The summed E-state index contributed by atoms with van der Waals surface area (Å²) in [6, 6.07) is 16.2. The molecular weight excluding hydrogens is 424 g/mol. The van der Waals surface area contributed by atoms with E-state index >= 15 is 0 Å². The third-order valence-electron chi connectivity index (χ3n) is 4.31. The molecule has 27 heavy (non-hydrogen) atoms. The van der Waals surface area contributed by atoms with Crippen molar-refractivity contribution in [3.05, 3.63) is 64.4 Å². The maximum absolute atomic E-state index is 11.4. The zero-order valence-corrected chi connectivity index (χ0v) is 17.3. The second-order valence-electron chi connectivity index (χ2n) is 6.60. The summed E-state index contributed by atoms with van der Waals surface area (Å²) in [4.78, 5) is 11.4. The van der Waals surface area contributed by atoms with Gasteiger partial charge < -0.3 is 5.32 Å². The van der Waals surface area contributed by atoms with Gasteiger partial charge in [-0.2, -0.15) is 0 Å². The van der Waals surface area contributed by atoms with Gasteiger partial charge >= 0.3 is 0 Å². The lowest BCUT2D eigenvalue weighted by Gasteiger charge is -2.12. The molecule has 0 atom stereocenters. The van der Waals surface area contributed by atoms with Crippen molar-refractivity contribution in [3.63, 3.8) is 0 Å². The van der Waals surface area contributed by atoms with Crippen LogP contribution in [0.4, 0.5) is 5.69 Å². The number of anilines is 1. The predicted octanol–water partition coefficient (Wildman–Crippen LogP) is 5.16. The molecule has 4 rings (SSSR count). The van der Waals surface area contributed by atoms with Gasteiger partial charge in [0.2, 0.25) is 5.91 Å². The number of nitrogens with zero attached hydrogens (tertiary/aromatic N) is 3. The van der Waals surface area contributed by atoms with Crippen LogP contribution in [0.2, 0.25) is 0 Å². The van der Waals surface area contributed by atoms with Crippen molar-refractivity contribution in [1.29, 1.82) is 0 Å². The number of nitrogens with one attached hydrogen (secondary N) is 1. The Bertz CT molecular complexity index is 966. The van der Waals surface area contributed by atoms with E-state index < -0.39 is 0 Å². The van der Waals surface area contributed by atoms with E-state index in [0.29, 0.717) is 5.92 Å². The zero-order valence-electron chi connectivity index (χ0n) is 14.9. The molecule has 0 bridgehead atoms. The van der Waals surface area contributed by atoms with Gasteiger partial charge in [-0.05, 0) is 48.7 Å². The fourth-order valence-corrected chi connectivity index (χ4v) is 4.06. The second-order valence-corrected chi connectivity index (χ2v) is 8.46. The van der Waals surface area contributed by atoms with E-state index in [1.165, 1.54) is 12.5 Å². The van der Waals surface area contributed by atoms with E-state index in [1.54, 1.807) is 11.8 Å². The average molecular weight is 443 g/mol. The normalized spacial score (nSPS) is 13.6. The van der Waals surface area contributed by atoms with Gasteiger partial charge in [0, 0.05) is 28.8 Å². The highest BCUT2D eigenvalue weighted by atomic mass is 79.9. The summed E-state index contributed by atoms with van der Waals surface area (Å²) in [5, 5.41) is 12.6. The third kappa shape index (κ3) is 4.42. The van der Waals surface area contributed by atoms with Gasteiger partial charge in [0.05, 0.1) is 5.69 Å². The summed E-state index contributed by atoms with van der Waals surface area (Å²) >= 11 is 5.14. The molecular formula is C20H19BrN4OS. The van der Waals surface area contributed by atoms with Gasteiger partial charge in [0.1, 0.15) is 5.82 Å². The SMILES string of the molecule is CC(=O)Nc1cccc(-n2c(SCc3ccc(Br)cc3)nnc2C2CC2)c1. The van der Waals surface area contributed by atoms with Crippen LogP contribution in [0.25, 0.3) is 5.69 Å². The number of halogens is 1.